The first kappa shape index (κ1) is 17.6. The fraction of sp³-hybridized carbons (Fsp3) is 0.526. The van der Waals surface area contributed by atoms with Crippen LogP contribution in [0.15, 0.2) is 29.0 Å². The lowest BCUT2D eigenvalue weighted by atomic mass is 9.95. The smallest absolute Gasteiger partial charge is 0.227 e. The van der Waals surface area contributed by atoms with Crippen molar-refractivity contribution >= 4 is 11.8 Å². The Bertz CT molecular complexity index is 822. The fourth-order valence-electron chi connectivity index (χ4n) is 3.88. The third-order valence-electron chi connectivity index (χ3n) is 5.51. The van der Waals surface area contributed by atoms with Crippen LogP contribution in [0.25, 0.3) is 11.4 Å². The van der Waals surface area contributed by atoms with Gasteiger partial charge >= 0.3 is 0 Å². The summed E-state index contributed by atoms with van der Waals surface area (Å²) in [4.78, 5) is 36.9. The molecule has 0 N–H and O–H groups in total. The fourth-order valence-corrected chi connectivity index (χ4v) is 3.88. The van der Waals surface area contributed by atoms with Crippen molar-refractivity contribution < 1.29 is 14.1 Å². The molecule has 5 heterocycles. The molecule has 2 amide bonds. The molecule has 0 radical (unpaired) electrons. The molecular formula is C19H23N5O3. The van der Waals surface area contributed by atoms with Gasteiger partial charge in [0.2, 0.25) is 23.5 Å². The van der Waals surface area contributed by atoms with Crippen molar-refractivity contribution in [3.63, 3.8) is 0 Å². The quantitative estimate of drug-likeness (QED) is 0.794. The molecule has 8 heteroatoms. The number of carbonyl (C=O) groups is 2. The van der Waals surface area contributed by atoms with E-state index < -0.39 is 0 Å². The number of pyridine rings is 1. The van der Waals surface area contributed by atoms with Gasteiger partial charge in [0.05, 0.1) is 5.92 Å². The molecule has 2 aromatic rings. The first-order valence-electron chi connectivity index (χ1n) is 9.39. The third kappa shape index (κ3) is 3.70. The van der Waals surface area contributed by atoms with Gasteiger partial charge in [-0.25, -0.2) is 0 Å². The molecule has 0 saturated carbocycles. The molecular weight excluding hydrogens is 346 g/mol. The summed E-state index contributed by atoms with van der Waals surface area (Å²) >= 11 is 0. The van der Waals surface area contributed by atoms with Crippen LogP contribution >= 0.6 is 0 Å². The lowest BCUT2D eigenvalue weighted by molar-refractivity contribution is -0.138. The van der Waals surface area contributed by atoms with Crippen LogP contribution in [-0.2, 0) is 16.0 Å². The van der Waals surface area contributed by atoms with Gasteiger partial charge in [0.15, 0.2) is 0 Å². The molecule has 8 nitrogen and oxygen atoms in total. The summed E-state index contributed by atoms with van der Waals surface area (Å²) < 4.78 is 5.28. The minimum absolute atomic E-state index is 0.0449. The van der Waals surface area contributed by atoms with Crippen molar-refractivity contribution in [3.05, 3.63) is 30.4 Å². The SMILES string of the molecule is CN1C(=O)[C@@H]2CC[C@H]1CN(C(=O)CCCc1nc(-c3ccncc3)no1)C2. The number of hydrogen-bond donors (Lipinski definition) is 0. The second-order valence-corrected chi connectivity index (χ2v) is 7.28. The molecule has 27 heavy (non-hydrogen) atoms. The second-order valence-electron chi connectivity index (χ2n) is 7.28. The molecule has 0 spiro atoms. The van der Waals surface area contributed by atoms with E-state index >= 15 is 0 Å². The topological polar surface area (TPSA) is 92.4 Å². The van der Waals surface area contributed by atoms with E-state index in [2.05, 4.69) is 15.1 Å². The van der Waals surface area contributed by atoms with Gasteiger partial charge in [-0.1, -0.05) is 5.16 Å². The number of rotatable bonds is 5. The van der Waals surface area contributed by atoms with E-state index in [-0.39, 0.29) is 23.8 Å². The number of likely N-dealkylation sites (N-methyl/N-ethyl adjacent to an activating group) is 1. The Morgan fingerprint density at radius 2 is 2.07 bits per heavy atom. The predicted molar refractivity (Wildman–Crippen MR) is 96.3 cm³/mol. The highest BCUT2D eigenvalue weighted by Crippen LogP contribution is 2.28. The van der Waals surface area contributed by atoms with Gasteiger partial charge < -0.3 is 14.3 Å². The van der Waals surface area contributed by atoms with Gasteiger partial charge in [-0.15, -0.1) is 0 Å². The lowest BCUT2D eigenvalue weighted by Gasteiger charge is -2.32. The van der Waals surface area contributed by atoms with Crippen LogP contribution in [0.3, 0.4) is 0 Å². The Balaban J connectivity index is 1.30. The van der Waals surface area contributed by atoms with Crippen LogP contribution in [0.1, 0.15) is 31.6 Å². The van der Waals surface area contributed by atoms with E-state index in [9.17, 15) is 9.59 Å². The molecule has 3 fully saturated rings. The highest BCUT2D eigenvalue weighted by molar-refractivity contribution is 5.83. The molecule has 0 unspecified atom stereocenters. The summed E-state index contributed by atoms with van der Waals surface area (Å²) in [6, 6.07) is 3.80. The summed E-state index contributed by atoms with van der Waals surface area (Å²) in [5, 5.41) is 3.98. The molecule has 3 aliphatic heterocycles. The zero-order chi connectivity index (χ0) is 18.8. The summed E-state index contributed by atoms with van der Waals surface area (Å²) in [6.45, 7) is 1.19. The van der Waals surface area contributed by atoms with Gasteiger partial charge in [0.1, 0.15) is 0 Å². The Labute approximate surface area is 157 Å². The lowest BCUT2D eigenvalue weighted by Crippen LogP contribution is -2.45. The highest BCUT2D eigenvalue weighted by atomic mass is 16.5. The zero-order valence-corrected chi connectivity index (χ0v) is 15.4. The van der Waals surface area contributed by atoms with Crippen molar-refractivity contribution in [2.45, 2.75) is 38.1 Å². The number of aromatic nitrogens is 3. The summed E-state index contributed by atoms with van der Waals surface area (Å²) in [6.07, 6.45) is 6.86. The highest BCUT2D eigenvalue weighted by Gasteiger charge is 2.39. The normalized spacial score (nSPS) is 22.2. The minimum atomic E-state index is -0.0449. The zero-order valence-electron chi connectivity index (χ0n) is 15.4. The molecule has 2 bridgehead atoms. The molecule has 142 valence electrons. The molecule has 0 aromatic carbocycles. The standard InChI is InChI=1S/C19H23N5O3/c1-23-15-6-5-14(19(23)26)11-24(12-15)17(25)4-2-3-16-21-18(22-27-16)13-7-9-20-10-8-13/h7-10,14-15H,2-6,11-12H2,1H3/t14-,15+/m1/s1. The third-order valence-corrected chi connectivity index (χ3v) is 5.51. The van der Waals surface area contributed by atoms with Crippen LogP contribution in [-0.4, -0.2) is 62.9 Å². The Morgan fingerprint density at radius 3 is 2.89 bits per heavy atom. The van der Waals surface area contributed by atoms with Crippen molar-refractivity contribution in [3.8, 4) is 11.4 Å². The van der Waals surface area contributed by atoms with E-state index in [1.54, 1.807) is 12.4 Å². The molecule has 3 saturated heterocycles. The van der Waals surface area contributed by atoms with Crippen LogP contribution in [0, 0.1) is 5.92 Å². The number of fused-ring (bicyclic) bond motifs is 4. The number of aryl methyl sites for hydroxylation is 1. The molecule has 5 rings (SSSR count). The van der Waals surface area contributed by atoms with Gasteiger partial charge in [0, 0.05) is 57.0 Å². The average Bonchev–Trinajstić information content (AvgIpc) is 2.99. The van der Waals surface area contributed by atoms with E-state index in [0.717, 1.165) is 18.4 Å². The van der Waals surface area contributed by atoms with Crippen LogP contribution in [0.4, 0.5) is 0 Å². The van der Waals surface area contributed by atoms with Crippen molar-refractivity contribution in [2.24, 2.45) is 5.92 Å². The molecule has 3 aliphatic rings. The molecule has 2 atom stereocenters. The first-order chi connectivity index (χ1) is 13.1. The maximum atomic E-state index is 12.6. The van der Waals surface area contributed by atoms with Crippen molar-refractivity contribution in [2.75, 3.05) is 20.1 Å². The summed E-state index contributed by atoms with van der Waals surface area (Å²) in [5.41, 5.74) is 0.852. The number of hydrogen-bond acceptors (Lipinski definition) is 6. The number of amides is 2. The summed E-state index contributed by atoms with van der Waals surface area (Å²) in [5.74, 6) is 1.29. The Kier molecular flexibility index (Phi) is 4.87. The Hall–Kier alpha value is -2.77. The Morgan fingerprint density at radius 1 is 1.26 bits per heavy atom. The average molecular weight is 369 g/mol. The van der Waals surface area contributed by atoms with Crippen LogP contribution in [0.2, 0.25) is 0 Å². The van der Waals surface area contributed by atoms with Gasteiger partial charge in [-0.3, -0.25) is 14.6 Å². The first-order valence-corrected chi connectivity index (χ1v) is 9.39. The predicted octanol–water partition coefficient (Wildman–Crippen LogP) is 1.53. The second kappa shape index (κ2) is 7.46. The minimum Gasteiger partial charge on any atom is -0.341 e. The number of piperidine rings is 1. The van der Waals surface area contributed by atoms with Gasteiger partial charge in [0.25, 0.3) is 0 Å². The van der Waals surface area contributed by atoms with Crippen LogP contribution < -0.4 is 0 Å². The largest absolute Gasteiger partial charge is 0.341 e. The maximum absolute atomic E-state index is 12.6. The van der Waals surface area contributed by atoms with E-state index in [1.807, 2.05) is 29.0 Å². The van der Waals surface area contributed by atoms with Crippen molar-refractivity contribution in [1.82, 2.24) is 24.9 Å². The monoisotopic (exact) mass is 369 g/mol. The van der Waals surface area contributed by atoms with E-state index in [4.69, 9.17) is 4.52 Å². The van der Waals surface area contributed by atoms with E-state index in [0.29, 0.717) is 44.1 Å². The molecule has 0 aliphatic carbocycles. The number of carbonyl (C=O) groups excluding carboxylic acids is 2. The maximum Gasteiger partial charge on any atom is 0.227 e. The van der Waals surface area contributed by atoms with Crippen LogP contribution in [0.5, 0.6) is 0 Å². The summed E-state index contributed by atoms with van der Waals surface area (Å²) in [7, 11) is 1.85. The molecule has 2 aromatic heterocycles. The van der Waals surface area contributed by atoms with Crippen molar-refractivity contribution in [1.29, 1.82) is 0 Å². The number of nitrogens with zero attached hydrogens (tertiary/aromatic N) is 5. The van der Waals surface area contributed by atoms with Gasteiger partial charge in [-0.2, -0.15) is 4.98 Å². The van der Waals surface area contributed by atoms with Gasteiger partial charge in [-0.05, 0) is 31.4 Å². The van der Waals surface area contributed by atoms with E-state index in [1.165, 1.54) is 0 Å².